The summed E-state index contributed by atoms with van der Waals surface area (Å²) in [5.41, 5.74) is 0. The van der Waals surface area contributed by atoms with Crippen LogP contribution in [0.5, 0.6) is 0 Å². The molecule has 0 aromatic carbocycles. The van der Waals surface area contributed by atoms with Crippen LogP contribution >= 0.6 is 0 Å². The SMILES string of the molecule is [CH3][Cr]([CH3])([C]1=CC=CC1)[C]1=CC=CC1. The Balaban J connectivity index is 2.20. The molecule has 2 aliphatic carbocycles. The van der Waals surface area contributed by atoms with Crippen molar-refractivity contribution in [2.75, 3.05) is 0 Å². The van der Waals surface area contributed by atoms with Crippen molar-refractivity contribution in [3.05, 3.63) is 45.3 Å². The van der Waals surface area contributed by atoms with E-state index in [0.29, 0.717) is 0 Å². The van der Waals surface area contributed by atoms with Crippen LogP contribution in [0.2, 0.25) is 11.6 Å². The zero-order valence-electron chi connectivity index (χ0n) is 8.29. The van der Waals surface area contributed by atoms with Gasteiger partial charge in [-0.15, -0.1) is 0 Å². The van der Waals surface area contributed by atoms with Crippen LogP contribution in [-0.2, 0) is 13.1 Å². The van der Waals surface area contributed by atoms with Crippen LogP contribution in [0.4, 0.5) is 0 Å². The number of hydrogen-bond donors (Lipinski definition) is 0. The van der Waals surface area contributed by atoms with Crippen molar-refractivity contribution < 1.29 is 13.1 Å². The van der Waals surface area contributed by atoms with Crippen molar-refractivity contribution in [1.29, 1.82) is 0 Å². The van der Waals surface area contributed by atoms with E-state index < -0.39 is 13.1 Å². The van der Waals surface area contributed by atoms with E-state index in [4.69, 9.17) is 0 Å². The molecule has 0 saturated heterocycles. The molecule has 1 heteroatoms. The molecule has 13 heavy (non-hydrogen) atoms. The Morgan fingerprint density at radius 2 is 1.38 bits per heavy atom. The molecule has 70 valence electrons. The van der Waals surface area contributed by atoms with E-state index in [1.54, 1.807) is 8.87 Å². The van der Waals surface area contributed by atoms with Gasteiger partial charge in [-0.3, -0.25) is 0 Å². The quantitative estimate of drug-likeness (QED) is 0.650. The van der Waals surface area contributed by atoms with Crippen LogP contribution in [0.3, 0.4) is 0 Å². The molecule has 0 amide bonds. The molecule has 0 aromatic rings. The van der Waals surface area contributed by atoms with Gasteiger partial charge in [0.2, 0.25) is 0 Å². The van der Waals surface area contributed by atoms with Gasteiger partial charge in [0.15, 0.2) is 0 Å². The molecular formula is C12H16Cr. The van der Waals surface area contributed by atoms with E-state index >= 15 is 0 Å². The number of hydrogen-bond acceptors (Lipinski definition) is 0. The molecule has 0 nitrogen and oxygen atoms in total. The first-order chi connectivity index (χ1) is 6.21. The Labute approximate surface area is 83.0 Å². The van der Waals surface area contributed by atoms with Crippen LogP contribution in [0.25, 0.3) is 0 Å². The van der Waals surface area contributed by atoms with Crippen LogP contribution in [0.15, 0.2) is 45.3 Å². The van der Waals surface area contributed by atoms with E-state index in [9.17, 15) is 0 Å². The summed E-state index contributed by atoms with van der Waals surface area (Å²) in [6.07, 6.45) is 16.0. The average Bonchev–Trinajstić information content (AvgIpc) is 2.78. The molecule has 2 rings (SSSR count). The zero-order valence-corrected chi connectivity index (χ0v) is 9.56. The van der Waals surface area contributed by atoms with Crippen molar-refractivity contribution >= 4 is 0 Å². The Morgan fingerprint density at radius 3 is 1.69 bits per heavy atom. The molecule has 0 bridgehead atoms. The first kappa shape index (κ1) is 9.06. The molecule has 0 N–H and O–H groups in total. The van der Waals surface area contributed by atoms with Crippen LogP contribution in [0.1, 0.15) is 12.8 Å². The Bertz CT molecular complexity index is 295. The van der Waals surface area contributed by atoms with Crippen molar-refractivity contribution in [3.8, 4) is 0 Å². The second kappa shape index (κ2) is 3.33. The van der Waals surface area contributed by atoms with Gasteiger partial charge in [-0.2, -0.15) is 0 Å². The van der Waals surface area contributed by atoms with Gasteiger partial charge in [-0.05, 0) is 0 Å². The maximum absolute atomic E-state index is 2.48. The first-order valence-electron chi connectivity index (χ1n) is 4.66. The zero-order chi connectivity index (χ0) is 9.31. The molecule has 0 aliphatic heterocycles. The second-order valence-electron chi connectivity index (χ2n) is 3.86. The Kier molecular flexibility index (Phi) is 2.32. The van der Waals surface area contributed by atoms with Crippen molar-refractivity contribution in [1.82, 2.24) is 0 Å². The monoisotopic (exact) mass is 212 g/mol. The molecule has 0 aromatic heterocycles. The molecule has 0 spiro atoms. The van der Waals surface area contributed by atoms with E-state index in [1.165, 1.54) is 12.8 Å². The summed E-state index contributed by atoms with van der Waals surface area (Å²) in [7, 11) is 0. The number of rotatable bonds is 2. The van der Waals surface area contributed by atoms with E-state index in [0.717, 1.165) is 0 Å². The van der Waals surface area contributed by atoms with Gasteiger partial charge in [0, 0.05) is 0 Å². The second-order valence-corrected chi connectivity index (χ2v) is 9.64. The third kappa shape index (κ3) is 1.59. The van der Waals surface area contributed by atoms with E-state index in [1.807, 2.05) is 0 Å². The van der Waals surface area contributed by atoms with Gasteiger partial charge in [-0.1, -0.05) is 0 Å². The summed E-state index contributed by atoms with van der Waals surface area (Å²) in [6, 6.07) is 0. The van der Waals surface area contributed by atoms with Gasteiger partial charge in [0.25, 0.3) is 0 Å². The summed E-state index contributed by atoms with van der Waals surface area (Å²) in [6.45, 7) is 0. The first-order valence-corrected chi connectivity index (χ1v) is 8.48. The standard InChI is InChI=1S/2C5H5.2CH3.Cr/c2*1-2-4-5-3-1;;;/h2*1-3H,4H2;2*1H3;. The Morgan fingerprint density at radius 1 is 0.923 bits per heavy atom. The van der Waals surface area contributed by atoms with Crippen molar-refractivity contribution in [2.45, 2.75) is 24.4 Å². The third-order valence-electron chi connectivity index (χ3n) is 2.79. The van der Waals surface area contributed by atoms with Gasteiger partial charge >= 0.3 is 82.8 Å². The maximum atomic E-state index is 2.48. The average molecular weight is 212 g/mol. The fraction of sp³-hybridized carbons (Fsp3) is 0.333. The predicted molar refractivity (Wildman–Crippen MR) is 55.4 cm³/mol. The molecule has 0 saturated carbocycles. The van der Waals surface area contributed by atoms with E-state index in [-0.39, 0.29) is 0 Å². The molecule has 0 radical (unpaired) electrons. The van der Waals surface area contributed by atoms with Crippen molar-refractivity contribution in [3.63, 3.8) is 0 Å². The summed E-state index contributed by atoms with van der Waals surface area (Å²) < 4.78 is 3.40. The summed E-state index contributed by atoms with van der Waals surface area (Å²) in [5, 5.41) is 0. The van der Waals surface area contributed by atoms with Crippen LogP contribution < -0.4 is 0 Å². The summed E-state index contributed by atoms with van der Waals surface area (Å²) in [5.74, 6) is 4.96. The normalized spacial score (nSPS) is 22.0. The predicted octanol–water partition coefficient (Wildman–Crippen LogP) is 3.92. The Hall–Kier alpha value is -0.508. The van der Waals surface area contributed by atoms with Gasteiger partial charge in [0.05, 0.1) is 0 Å². The molecule has 0 fully saturated rings. The minimum absolute atomic E-state index is 1.20. The fourth-order valence-electron chi connectivity index (χ4n) is 1.78. The summed E-state index contributed by atoms with van der Waals surface area (Å²) >= 11 is -1.43. The third-order valence-corrected chi connectivity index (χ3v) is 7.83. The van der Waals surface area contributed by atoms with Crippen LogP contribution in [-0.4, -0.2) is 0 Å². The van der Waals surface area contributed by atoms with E-state index in [2.05, 4.69) is 48.0 Å². The molecule has 0 unspecified atom stereocenters. The fourth-order valence-corrected chi connectivity index (χ4v) is 5.22. The molecule has 0 heterocycles. The molecule has 0 atom stereocenters. The number of allylic oxidation sites excluding steroid dienone is 8. The van der Waals surface area contributed by atoms with Gasteiger partial charge < -0.3 is 0 Å². The molecule has 2 aliphatic rings. The summed E-state index contributed by atoms with van der Waals surface area (Å²) in [4.78, 5) is 0. The van der Waals surface area contributed by atoms with Gasteiger partial charge in [0.1, 0.15) is 0 Å². The van der Waals surface area contributed by atoms with Crippen molar-refractivity contribution in [2.24, 2.45) is 0 Å². The van der Waals surface area contributed by atoms with Crippen LogP contribution in [0, 0.1) is 0 Å². The van der Waals surface area contributed by atoms with Gasteiger partial charge in [-0.25, -0.2) is 0 Å². The molecular weight excluding hydrogens is 196 g/mol. The minimum atomic E-state index is -1.43. The topological polar surface area (TPSA) is 0 Å².